The second kappa shape index (κ2) is 8.08. The van der Waals surface area contributed by atoms with Gasteiger partial charge in [-0.2, -0.15) is 0 Å². The lowest BCUT2D eigenvalue weighted by molar-refractivity contribution is -0.116. The third-order valence-corrected chi connectivity index (χ3v) is 3.59. The van der Waals surface area contributed by atoms with E-state index in [0.717, 1.165) is 12.8 Å². The van der Waals surface area contributed by atoms with E-state index in [9.17, 15) is 0 Å². The number of rotatable bonds is 8. The maximum Gasteiger partial charge on any atom is 0.221 e. The van der Waals surface area contributed by atoms with Crippen molar-refractivity contribution in [2.24, 2.45) is 11.8 Å². The van der Waals surface area contributed by atoms with Gasteiger partial charge in [0.2, 0.25) is 6.29 Å². The molecule has 0 spiro atoms. The van der Waals surface area contributed by atoms with Crippen LogP contribution in [0.2, 0.25) is 0 Å². The molecule has 1 radical (unpaired) electrons. The Morgan fingerprint density at radius 2 is 1.12 bits per heavy atom. The second-order valence-electron chi connectivity index (χ2n) is 4.91. The van der Waals surface area contributed by atoms with Crippen LogP contribution in [-0.4, -0.2) is 12.2 Å². The summed E-state index contributed by atoms with van der Waals surface area (Å²) in [4.78, 5) is 0. The quantitative estimate of drug-likeness (QED) is 0.614. The molecule has 2 heteroatoms. The van der Waals surface area contributed by atoms with Crippen LogP contribution in [0.25, 0.3) is 0 Å². The summed E-state index contributed by atoms with van der Waals surface area (Å²) in [6.07, 6.45) is 3.44. The first-order valence-corrected chi connectivity index (χ1v) is 6.59. The lowest BCUT2D eigenvalue weighted by Gasteiger charge is -2.26. The van der Waals surface area contributed by atoms with Crippen LogP contribution < -0.4 is 0 Å². The molecule has 4 atom stereocenters. The molecule has 0 aromatic carbocycles. The fraction of sp³-hybridized carbons (Fsp3) is 0.929. The first kappa shape index (κ1) is 15.9. The Morgan fingerprint density at radius 1 is 0.812 bits per heavy atom. The van der Waals surface area contributed by atoms with Crippen molar-refractivity contribution >= 4 is 0 Å². The molecule has 0 fully saturated rings. The van der Waals surface area contributed by atoms with Crippen LogP contribution in [0.1, 0.15) is 61.3 Å². The molecule has 0 bridgehead atoms. The van der Waals surface area contributed by atoms with E-state index in [2.05, 4.69) is 41.5 Å². The topological polar surface area (TPSA) is 18.5 Å². The molecule has 97 valence electrons. The predicted molar refractivity (Wildman–Crippen MR) is 68.9 cm³/mol. The molecule has 0 aromatic heterocycles. The van der Waals surface area contributed by atoms with Gasteiger partial charge in [0.25, 0.3) is 0 Å². The van der Waals surface area contributed by atoms with Gasteiger partial charge in [0.15, 0.2) is 0 Å². The zero-order valence-corrected chi connectivity index (χ0v) is 12.0. The molecule has 0 amide bonds. The summed E-state index contributed by atoms with van der Waals surface area (Å²) >= 11 is 0. The Kier molecular flexibility index (Phi) is 8.04. The van der Waals surface area contributed by atoms with Gasteiger partial charge in [-0.1, -0.05) is 40.5 Å². The normalized spacial score (nSPS) is 19.5. The van der Waals surface area contributed by atoms with Crippen molar-refractivity contribution in [3.8, 4) is 0 Å². The SMILES string of the molecule is CCC(C)C(C)O[C](C)OC(C)C(C)CC. The van der Waals surface area contributed by atoms with Crippen molar-refractivity contribution in [1.82, 2.24) is 0 Å². The average molecular weight is 229 g/mol. The molecule has 0 aromatic rings. The monoisotopic (exact) mass is 229 g/mol. The molecule has 2 nitrogen and oxygen atoms in total. The standard InChI is InChI=1S/C14H29O2/c1-8-10(3)12(5)15-14(7)16-13(6)11(4)9-2/h10-13H,8-9H2,1-7H3. The highest BCUT2D eigenvalue weighted by molar-refractivity contribution is 4.69. The molecule has 0 saturated heterocycles. The third-order valence-electron chi connectivity index (χ3n) is 3.59. The minimum Gasteiger partial charge on any atom is -0.342 e. The van der Waals surface area contributed by atoms with E-state index in [1.54, 1.807) is 0 Å². The summed E-state index contributed by atoms with van der Waals surface area (Å²) in [5.41, 5.74) is 0. The summed E-state index contributed by atoms with van der Waals surface area (Å²) < 4.78 is 11.5. The zero-order valence-electron chi connectivity index (χ0n) is 12.0. The summed E-state index contributed by atoms with van der Waals surface area (Å²) in [6, 6.07) is 0. The number of hydrogen-bond donors (Lipinski definition) is 0. The molecule has 16 heavy (non-hydrogen) atoms. The Hall–Kier alpha value is -0.0800. The van der Waals surface area contributed by atoms with Gasteiger partial charge in [0.1, 0.15) is 0 Å². The van der Waals surface area contributed by atoms with Crippen LogP contribution in [0.4, 0.5) is 0 Å². The fourth-order valence-corrected chi connectivity index (χ4v) is 1.45. The van der Waals surface area contributed by atoms with E-state index in [1.807, 2.05) is 6.92 Å². The average Bonchev–Trinajstić information content (AvgIpc) is 2.26. The van der Waals surface area contributed by atoms with Crippen molar-refractivity contribution in [2.45, 2.75) is 73.5 Å². The molecule has 0 heterocycles. The Bertz CT molecular complexity index is 152. The Balaban J connectivity index is 3.93. The van der Waals surface area contributed by atoms with E-state index in [0.29, 0.717) is 18.1 Å². The Labute approximate surface area is 102 Å². The van der Waals surface area contributed by atoms with E-state index < -0.39 is 0 Å². The summed E-state index contributed by atoms with van der Waals surface area (Å²) in [6.45, 7) is 14.9. The molecular weight excluding hydrogens is 200 g/mol. The highest BCUT2D eigenvalue weighted by Gasteiger charge is 2.19. The van der Waals surface area contributed by atoms with Crippen molar-refractivity contribution in [3.63, 3.8) is 0 Å². The second-order valence-corrected chi connectivity index (χ2v) is 4.91. The highest BCUT2D eigenvalue weighted by Crippen LogP contribution is 2.20. The minimum absolute atomic E-state index is 0.231. The van der Waals surface area contributed by atoms with Gasteiger partial charge in [-0.25, -0.2) is 0 Å². The van der Waals surface area contributed by atoms with Crippen LogP contribution in [0.15, 0.2) is 0 Å². The largest absolute Gasteiger partial charge is 0.342 e. The van der Waals surface area contributed by atoms with Crippen molar-refractivity contribution in [2.75, 3.05) is 0 Å². The minimum atomic E-state index is 0.231. The first-order chi connectivity index (χ1) is 7.42. The van der Waals surface area contributed by atoms with E-state index in [4.69, 9.17) is 9.47 Å². The van der Waals surface area contributed by atoms with Gasteiger partial charge in [-0.15, -0.1) is 0 Å². The van der Waals surface area contributed by atoms with Crippen LogP contribution in [-0.2, 0) is 9.47 Å². The smallest absolute Gasteiger partial charge is 0.221 e. The molecule has 0 aliphatic rings. The van der Waals surface area contributed by atoms with Gasteiger partial charge < -0.3 is 9.47 Å². The molecule has 0 saturated carbocycles. The predicted octanol–water partition coefficient (Wildman–Crippen LogP) is 4.40. The molecule has 0 aliphatic carbocycles. The summed E-state index contributed by atoms with van der Waals surface area (Å²) in [7, 11) is 0. The van der Waals surface area contributed by atoms with E-state index in [1.165, 1.54) is 0 Å². The number of hydrogen-bond acceptors (Lipinski definition) is 2. The summed E-state index contributed by atoms with van der Waals surface area (Å²) in [5.74, 6) is 1.13. The molecule has 0 rings (SSSR count). The number of ether oxygens (including phenoxy) is 2. The lowest BCUT2D eigenvalue weighted by atomic mass is 10.0. The van der Waals surface area contributed by atoms with Gasteiger partial charge in [-0.05, 0) is 32.6 Å². The van der Waals surface area contributed by atoms with Crippen molar-refractivity contribution in [3.05, 3.63) is 6.29 Å². The zero-order chi connectivity index (χ0) is 12.7. The van der Waals surface area contributed by atoms with Gasteiger partial charge in [0.05, 0.1) is 12.2 Å². The fourth-order valence-electron chi connectivity index (χ4n) is 1.45. The maximum absolute atomic E-state index is 5.76. The van der Waals surface area contributed by atoms with E-state index >= 15 is 0 Å². The van der Waals surface area contributed by atoms with Gasteiger partial charge in [0, 0.05) is 0 Å². The van der Waals surface area contributed by atoms with Crippen LogP contribution >= 0.6 is 0 Å². The highest BCUT2D eigenvalue weighted by atomic mass is 16.7. The van der Waals surface area contributed by atoms with Gasteiger partial charge >= 0.3 is 0 Å². The molecule has 0 N–H and O–H groups in total. The molecule has 0 aliphatic heterocycles. The van der Waals surface area contributed by atoms with Crippen LogP contribution in [0.5, 0.6) is 0 Å². The Morgan fingerprint density at radius 3 is 1.38 bits per heavy atom. The van der Waals surface area contributed by atoms with E-state index in [-0.39, 0.29) is 12.2 Å². The summed E-state index contributed by atoms with van der Waals surface area (Å²) in [5, 5.41) is 0. The molecule has 4 unspecified atom stereocenters. The van der Waals surface area contributed by atoms with Crippen LogP contribution in [0.3, 0.4) is 0 Å². The first-order valence-electron chi connectivity index (χ1n) is 6.59. The lowest BCUT2D eigenvalue weighted by Crippen LogP contribution is -2.25. The maximum atomic E-state index is 5.76. The van der Waals surface area contributed by atoms with Crippen molar-refractivity contribution < 1.29 is 9.47 Å². The third kappa shape index (κ3) is 5.86. The van der Waals surface area contributed by atoms with Crippen LogP contribution in [0, 0.1) is 18.1 Å². The van der Waals surface area contributed by atoms with Crippen molar-refractivity contribution in [1.29, 1.82) is 0 Å². The molecular formula is C14H29O2. The van der Waals surface area contributed by atoms with Gasteiger partial charge in [-0.3, -0.25) is 0 Å².